The second-order valence-electron chi connectivity index (χ2n) is 5.98. The van der Waals surface area contributed by atoms with Gasteiger partial charge in [-0.1, -0.05) is 0 Å². The molecular formula is C10H16F2N3O12P3S. The monoisotopic (exact) mass is 533 g/mol. The second kappa shape index (κ2) is 9.27. The van der Waals surface area contributed by atoms with Gasteiger partial charge in [0.05, 0.1) is 6.61 Å². The third-order valence-electron chi connectivity index (χ3n) is 3.67. The van der Waals surface area contributed by atoms with Crippen LogP contribution in [0.1, 0.15) is 6.23 Å². The van der Waals surface area contributed by atoms with Gasteiger partial charge in [0.1, 0.15) is 18.6 Å². The molecule has 0 radical (unpaired) electrons. The molecule has 0 saturated carbocycles. The van der Waals surface area contributed by atoms with Crippen LogP contribution in [0.4, 0.5) is 14.6 Å². The van der Waals surface area contributed by atoms with Crippen LogP contribution >= 0.6 is 35.7 Å². The second-order valence-corrected chi connectivity index (χ2v) is 10.8. The lowest BCUT2D eigenvalue weighted by molar-refractivity contribution is -0.112. The summed E-state index contributed by atoms with van der Waals surface area (Å²) in [6.07, 6.45) is -5.21. The van der Waals surface area contributed by atoms with Gasteiger partial charge in [-0.25, -0.2) is 27.5 Å². The Morgan fingerprint density at radius 1 is 1.26 bits per heavy atom. The topological polar surface area (TPSA) is 233 Å². The molecule has 6 atom stereocenters. The van der Waals surface area contributed by atoms with E-state index in [9.17, 15) is 32.5 Å². The summed E-state index contributed by atoms with van der Waals surface area (Å²) in [6, 6.07) is 1.18. The SMILES string of the molecule is Nc1ccn([C@@H]2O[C@H](COP(=O)(O)OP(=O)(O)OP(=O)(O)O)[C@H](F)C2(O)CF)c(=S)n1. The van der Waals surface area contributed by atoms with E-state index in [2.05, 4.69) is 18.1 Å². The summed E-state index contributed by atoms with van der Waals surface area (Å²) >= 11 is 4.89. The summed E-state index contributed by atoms with van der Waals surface area (Å²) in [5, 5.41) is 10.4. The number of anilines is 1. The molecule has 3 unspecified atom stereocenters. The number of nitrogens with two attached hydrogens (primary N) is 1. The molecule has 0 aliphatic carbocycles. The number of aromatic nitrogens is 2. The fourth-order valence-corrected chi connectivity index (χ4v) is 5.75. The lowest BCUT2D eigenvalue weighted by Crippen LogP contribution is -2.47. The Labute approximate surface area is 176 Å². The number of nitrogen functional groups attached to an aromatic ring is 1. The molecule has 21 heteroatoms. The van der Waals surface area contributed by atoms with Gasteiger partial charge in [-0.3, -0.25) is 9.09 Å². The van der Waals surface area contributed by atoms with Gasteiger partial charge in [0, 0.05) is 6.20 Å². The summed E-state index contributed by atoms with van der Waals surface area (Å²) in [4.78, 5) is 39.1. The van der Waals surface area contributed by atoms with Gasteiger partial charge in [0.25, 0.3) is 0 Å². The van der Waals surface area contributed by atoms with E-state index in [0.717, 1.165) is 10.8 Å². The van der Waals surface area contributed by atoms with Crippen LogP contribution in [-0.2, 0) is 31.6 Å². The third kappa shape index (κ3) is 6.65. The molecule has 1 fully saturated rings. The first-order valence-corrected chi connectivity index (χ1v) is 12.6. The first kappa shape index (κ1) is 26.5. The van der Waals surface area contributed by atoms with Gasteiger partial charge >= 0.3 is 23.5 Å². The zero-order valence-electron chi connectivity index (χ0n) is 14.9. The number of alkyl halides is 2. The van der Waals surface area contributed by atoms with Gasteiger partial charge in [-0.2, -0.15) is 8.62 Å². The van der Waals surface area contributed by atoms with Gasteiger partial charge in [-0.05, 0) is 18.3 Å². The van der Waals surface area contributed by atoms with Gasteiger partial charge < -0.3 is 35.2 Å². The van der Waals surface area contributed by atoms with Crippen molar-refractivity contribution in [2.75, 3.05) is 19.0 Å². The molecular weight excluding hydrogens is 517 g/mol. The maximum Gasteiger partial charge on any atom is 0.490 e. The largest absolute Gasteiger partial charge is 0.490 e. The summed E-state index contributed by atoms with van der Waals surface area (Å²) in [7, 11) is -17.0. The molecule has 0 amide bonds. The van der Waals surface area contributed by atoms with Crippen LogP contribution in [0.3, 0.4) is 0 Å². The number of ether oxygens (including phenoxy) is 1. The number of phosphoric acid groups is 3. The van der Waals surface area contributed by atoms with Crippen LogP contribution < -0.4 is 5.73 Å². The number of rotatable bonds is 9. The quantitative estimate of drug-likeness (QED) is 0.187. The van der Waals surface area contributed by atoms with E-state index in [1.807, 2.05) is 0 Å². The number of aliphatic hydroxyl groups is 1. The van der Waals surface area contributed by atoms with Crippen molar-refractivity contribution in [1.29, 1.82) is 0 Å². The molecule has 178 valence electrons. The summed E-state index contributed by atoms with van der Waals surface area (Å²) in [6.45, 7) is -2.95. The minimum Gasteiger partial charge on any atom is -0.384 e. The van der Waals surface area contributed by atoms with Gasteiger partial charge in [0.2, 0.25) is 4.77 Å². The highest BCUT2D eigenvalue weighted by Crippen LogP contribution is 2.66. The molecule has 0 bridgehead atoms. The van der Waals surface area contributed by atoms with Crippen LogP contribution in [0.15, 0.2) is 12.3 Å². The Morgan fingerprint density at radius 2 is 1.87 bits per heavy atom. The minimum absolute atomic E-state index is 0.0379. The number of hydrogen-bond donors (Lipinski definition) is 6. The van der Waals surface area contributed by atoms with Crippen LogP contribution in [0.5, 0.6) is 0 Å². The molecule has 0 aromatic carbocycles. The highest BCUT2D eigenvalue weighted by atomic mass is 32.1. The van der Waals surface area contributed by atoms with E-state index in [-0.39, 0.29) is 10.6 Å². The minimum atomic E-state index is -5.80. The van der Waals surface area contributed by atoms with E-state index < -0.39 is 60.9 Å². The normalized spacial score (nSPS) is 30.6. The standard InChI is InChI=1S/C10H16F2N3O12P3S/c11-4-10(16)7(12)5(25-8(10)15-2-1-6(13)14-9(15)31)3-24-29(20,21)27-30(22,23)26-28(17,18)19/h1-2,5,7-8,16H,3-4H2,(H,20,21)(H,22,23)(H2,13,14,31)(H2,17,18,19)/t5-,7+,8-,10?/m1/s1. The smallest absolute Gasteiger partial charge is 0.384 e. The molecule has 1 aliphatic heterocycles. The predicted molar refractivity (Wildman–Crippen MR) is 97.0 cm³/mol. The van der Waals surface area contributed by atoms with E-state index in [0.29, 0.717) is 0 Å². The summed E-state index contributed by atoms with van der Waals surface area (Å²) in [5.74, 6) is -0.0379. The van der Waals surface area contributed by atoms with Crippen molar-refractivity contribution in [2.24, 2.45) is 0 Å². The lowest BCUT2D eigenvalue weighted by atomic mass is 9.97. The molecule has 1 aromatic rings. The highest BCUT2D eigenvalue weighted by molar-refractivity contribution is 7.71. The molecule has 1 aromatic heterocycles. The van der Waals surface area contributed by atoms with E-state index >= 15 is 0 Å². The summed E-state index contributed by atoms with van der Waals surface area (Å²) < 4.78 is 78.7. The Balaban J connectivity index is 2.17. The lowest BCUT2D eigenvalue weighted by Gasteiger charge is -2.28. The van der Waals surface area contributed by atoms with Crippen molar-refractivity contribution in [3.05, 3.63) is 17.0 Å². The molecule has 2 rings (SSSR count). The molecule has 1 saturated heterocycles. The van der Waals surface area contributed by atoms with Crippen molar-refractivity contribution in [1.82, 2.24) is 9.55 Å². The van der Waals surface area contributed by atoms with Crippen LogP contribution in [0.2, 0.25) is 0 Å². The van der Waals surface area contributed by atoms with Crippen LogP contribution in [0.25, 0.3) is 0 Å². The maximum atomic E-state index is 14.7. The highest BCUT2D eigenvalue weighted by Gasteiger charge is 2.58. The van der Waals surface area contributed by atoms with Crippen molar-refractivity contribution in [3.8, 4) is 0 Å². The van der Waals surface area contributed by atoms with Gasteiger partial charge in [0.15, 0.2) is 18.0 Å². The van der Waals surface area contributed by atoms with Gasteiger partial charge in [-0.15, -0.1) is 0 Å². The van der Waals surface area contributed by atoms with Crippen LogP contribution in [-0.4, -0.2) is 65.4 Å². The molecule has 1 aliphatic rings. The molecule has 2 heterocycles. The first-order valence-electron chi connectivity index (χ1n) is 7.70. The fraction of sp³-hybridized carbons (Fsp3) is 0.600. The third-order valence-corrected chi connectivity index (χ3v) is 7.78. The number of hydrogen-bond acceptors (Lipinski definition) is 11. The van der Waals surface area contributed by atoms with Crippen molar-refractivity contribution in [3.63, 3.8) is 0 Å². The number of nitrogens with zero attached hydrogens (tertiary/aromatic N) is 2. The van der Waals surface area contributed by atoms with E-state index in [4.69, 9.17) is 37.4 Å². The molecule has 15 nitrogen and oxygen atoms in total. The molecule has 31 heavy (non-hydrogen) atoms. The van der Waals surface area contributed by atoms with Crippen molar-refractivity contribution >= 4 is 41.5 Å². The average molecular weight is 533 g/mol. The zero-order valence-corrected chi connectivity index (χ0v) is 18.4. The Hall–Kier alpha value is -0.710. The van der Waals surface area contributed by atoms with E-state index in [1.165, 1.54) is 6.07 Å². The summed E-state index contributed by atoms with van der Waals surface area (Å²) in [5.41, 5.74) is 2.58. The van der Waals surface area contributed by atoms with Crippen LogP contribution in [0, 0.1) is 4.77 Å². The Bertz CT molecular complexity index is 1020. The zero-order chi connectivity index (χ0) is 23.8. The number of halogens is 2. The van der Waals surface area contributed by atoms with E-state index in [1.54, 1.807) is 0 Å². The molecule has 0 spiro atoms. The average Bonchev–Trinajstić information content (AvgIpc) is 2.82. The van der Waals surface area contributed by atoms with Crippen molar-refractivity contribution < 1.29 is 65.0 Å². The fourth-order valence-electron chi connectivity index (χ4n) is 2.46. The Kier molecular flexibility index (Phi) is 7.94. The maximum absolute atomic E-state index is 14.7. The predicted octanol–water partition coefficient (Wildman–Crippen LogP) is 0.474. The number of phosphoric ester groups is 1. The Morgan fingerprint density at radius 3 is 2.39 bits per heavy atom. The molecule has 7 N–H and O–H groups in total. The first-order chi connectivity index (χ1) is 14.0. The van der Waals surface area contributed by atoms with Crippen molar-refractivity contribution in [2.45, 2.75) is 24.1 Å².